The molecule has 0 radical (unpaired) electrons. The fourth-order valence-electron chi connectivity index (χ4n) is 1.41. The highest BCUT2D eigenvalue weighted by Crippen LogP contribution is 2.31. The van der Waals surface area contributed by atoms with Crippen molar-refractivity contribution in [2.45, 2.75) is 6.18 Å². The molecule has 0 aliphatic heterocycles. The van der Waals surface area contributed by atoms with Crippen molar-refractivity contribution in [3.63, 3.8) is 0 Å². The average molecular weight is 321 g/mol. The first-order chi connectivity index (χ1) is 8.30. The van der Waals surface area contributed by atoms with Crippen LogP contribution < -0.4 is 0 Å². The van der Waals surface area contributed by atoms with Crippen molar-refractivity contribution in [1.82, 2.24) is 9.97 Å². The predicted molar refractivity (Wildman–Crippen MR) is 59.2 cm³/mol. The predicted octanol–water partition coefficient (Wildman–Crippen LogP) is 3.11. The van der Waals surface area contributed by atoms with Gasteiger partial charge in [-0.05, 0) is 28.1 Å². The van der Waals surface area contributed by atoms with Crippen molar-refractivity contribution in [3.8, 4) is 0 Å². The molecule has 2 heterocycles. The van der Waals surface area contributed by atoms with Crippen LogP contribution in [0.15, 0.2) is 22.8 Å². The number of aromatic carboxylic acids is 1. The topological polar surface area (TPSA) is 63.1 Å². The summed E-state index contributed by atoms with van der Waals surface area (Å²) in [5, 5.41) is 8.92. The van der Waals surface area contributed by atoms with Crippen LogP contribution in [0.3, 0.4) is 0 Å². The molecule has 18 heavy (non-hydrogen) atoms. The Balaban J connectivity index is 2.78. The monoisotopic (exact) mass is 320 g/mol. The van der Waals surface area contributed by atoms with Gasteiger partial charge in [0, 0.05) is 11.6 Å². The molecule has 2 aromatic heterocycles. The van der Waals surface area contributed by atoms with E-state index < -0.39 is 17.8 Å². The van der Waals surface area contributed by atoms with E-state index in [-0.39, 0.29) is 21.1 Å². The van der Waals surface area contributed by atoms with E-state index in [2.05, 4.69) is 25.9 Å². The number of aromatic nitrogens is 2. The molecular weight excluding hydrogens is 317 g/mol. The van der Waals surface area contributed by atoms with Crippen LogP contribution in [0, 0.1) is 0 Å². The highest BCUT2D eigenvalue weighted by molar-refractivity contribution is 9.10. The third kappa shape index (κ3) is 2.15. The molecule has 0 aliphatic carbocycles. The van der Waals surface area contributed by atoms with Gasteiger partial charge in [-0.25, -0.2) is 14.8 Å². The van der Waals surface area contributed by atoms with Crippen LogP contribution >= 0.6 is 15.9 Å². The minimum atomic E-state index is -4.58. The number of carboxylic acids is 1. The highest BCUT2D eigenvalue weighted by Gasteiger charge is 2.33. The Morgan fingerprint density at radius 3 is 2.56 bits per heavy atom. The van der Waals surface area contributed by atoms with E-state index in [1.54, 1.807) is 0 Å². The molecule has 0 unspecified atom stereocenters. The lowest BCUT2D eigenvalue weighted by Crippen LogP contribution is -2.09. The van der Waals surface area contributed by atoms with Gasteiger partial charge in [0.1, 0.15) is 5.69 Å². The van der Waals surface area contributed by atoms with E-state index >= 15 is 0 Å². The summed E-state index contributed by atoms with van der Waals surface area (Å²) in [6, 6.07) is 1.77. The van der Waals surface area contributed by atoms with Crippen LogP contribution in [0.1, 0.15) is 16.2 Å². The second-order valence-corrected chi connectivity index (χ2v) is 4.20. The van der Waals surface area contributed by atoms with Crippen LogP contribution in [-0.2, 0) is 6.18 Å². The molecule has 0 aliphatic rings. The van der Waals surface area contributed by atoms with E-state index in [4.69, 9.17) is 5.11 Å². The van der Waals surface area contributed by atoms with Gasteiger partial charge in [-0.3, -0.25) is 0 Å². The number of carboxylic acid groups (broad SMARTS) is 1. The van der Waals surface area contributed by atoms with Gasteiger partial charge in [0.25, 0.3) is 0 Å². The summed E-state index contributed by atoms with van der Waals surface area (Å²) in [7, 11) is 0. The molecule has 1 N–H and O–H groups in total. The van der Waals surface area contributed by atoms with E-state index in [1.165, 1.54) is 0 Å². The fraction of sp³-hybridized carbons (Fsp3) is 0.100. The van der Waals surface area contributed by atoms with Crippen molar-refractivity contribution >= 4 is 32.8 Å². The minimum absolute atomic E-state index is 0.0462. The molecule has 0 saturated carbocycles. The standard InChI is InChI=1S/C10H4BrF3N2O2/c11-5-3-15-8(9(17)18)4-1-2-6(10(12,13)14)16-7(4)5/h1-3H,(H,17,18). The largest absolute Gasteiger partial charge is 0.476 e. The summed E-state index contributed by atoms with van der Waals surface area (Å²) < 4.78 is 37.7. The molecule has 94 valence electrons. The van der Waals surface area contributed by atoms with Crippen LogP contribution in [0.5, 0.6) is 0 Å². The second kappa shape index (κ2) is 4.20. The summed E-state index contributed by atoms with van der Waals surface area (Å²) in [5.74, 6) is -1.32. The number of alkyl halides is 3. The molecule has 4 nitrogen and oxygen atoms in total. The van der Waals surface area contributed by atoms with Gasteiger partial charge < -0.3 is 5.11 Å². The lowest BCUT2D eigenvalue weighted by atomic mass is 10.2. The number of hydrogen-bond acceptors (Lipinski definition) is 3. The molecule has 0 bridgehead atoms. The molecule has 0 atom stereocenters. The summed E-state index contributed by atoms with van der Waals surface area (Å²) in [5.41, 5.74) is -1.51. The quantitative estimate of drug-likeness (QED) is 0.877. The number of carbonyl (C=O) groups is 1. The van der Waals surface area contributed by atoms with Gasteiger partial charge in [-0.2, -0.15) is 13.2 Å². The Hall–Kier alpha value is -1.70. The molecule has 0 fully saturated rings. The Labute approximate surface area is 107 Å². The zero-order valence-electron chi connectivity index (χ0n) is 8.49. The molecule has 0 amide bonds. The normalized spacial score (nSPS) is 11.8. The van der Waals surface area contributed by atoms with Crippen molar-refractivity contribution < 1.29 is 23.1 Å². The lowest BCUT2D eigenvalue weighted by molar-refractivity contribution is -0.140. The van der Waals surface area contributed by atoms with Crippen molar-refractivity contribution in [2.24, 2.45) is 0 Å². The van der Waals surface area contributed by atoms with E-state index in [9.17, 15) is 18.0 Å². The first-order valence-electron chi connectivity index (χ1n) is 4.56. The molecule has 2 rings (SSSR count). The van der Waals surface area contributed by atoms with E-state index in [1.807, 2.05) is 0 Å². The lowest BCUT2D eigenvalue weighted by Gasteiger charge is -2.08. The highest BCUT2D eigenvalue weighted by atomic mass is 79.9. The Morgan fingerprint density at radius 1 is 1.33 bits per heavy atom. The smallest absolute Gasteiger partial charge is 0.433 e. The molecule has 0 aromatic carbocycles. The fourth-order valence-corrected chi connectivity index (χ4v) is 1.82. The summed E-state index contributed by atoms with van der Waals surface area (Å²) >= 11 is 3.00. The summed E-state index contributed by atoms with van der Waals surface area (Å²) in [6.07, 6.45) is -3.47. The second-order valence-electron chi connectivity index (χ2n) is 3.35. The summed E-state index contributed by atoms with van der Waals surface area (Å²) in [4.78, 5) is 17.9. The van der Waals surface area contributed by atoms with Crippen LogP contribution in [0.2, 0.25) is 0 Å². The number of fused-ring (bicyclic) bond motifs is 1. The Kier molecular flexibility index (Phi) is 2.97. The zero-order valence-corrected chi connectivity index (χ0v) is 10.1. The van der Waals surface area contributed by atoms with Gasteiger partial charge in [-0.15, -0.1) is 0 Å². The Morgan fingerprint density at radius 2 is 2.00 bits per heavy atom. The van der Waals surface area contributed by atoms with Gasteiger partial charge in [0.05, 0.1) is 9.99 Å². The van der Waals surface area contributed by atoms with Crippen molar-refractivity contribution in [2.75, 3.05) is 0 Å². The van der Waals surface area contributed by atoms with Crippen LogP contribution in [-0.4, -0.2) is 21.0 Å². The van der Waals surface area contributed by atoms with Gasteiger partial charge in [0.2, 0.25) is 0 Å². The maximum Gasteiger partial charge on any atom is 0.433 e. The molecular formula is C10H4BrF3N2O2. The number of pyridine rings is 2. The third-order valence-electron chi connectivity index (χ3n) is 2.18. The van der Waals surface area contributed by atoms with Gasteiger partial charge in [-0.1, -0.05) is 0 Å². The SMILES string of the molecule is O=C(O)c1ncc(Br)c2nc(C(F)(F)F)ccc12. The molecule has 0 saturated heterocycles. The molecule has 0 spiro atoms. The first kappa shape index (κ1) is 12.7. The minimum Gasteiger partial charge on any atom is -0.476 e. The Bertz CT molecular complexity index is 643. The molecule has 8 heteroatoms. The maximum absolute atomic E-state index is 12.5. The molecule has 2 aromatic rings. The average Bonchev–Trinajstić information content (AvgIpc) is 2.27. The van der Waals surface area contributed by atoms with Gasteiger partial charge in [0.15, 0.2) is 5.69 Å². The van der Waals surface area contributed by atoms with Crippen LogP contribution in [0.25, 0.3) is 10.9 Å². The number of hydrogen-bond donors (Lipinski definition) is 1. The van der Waals surface area contributed by atoms with Gasteiger partial charge >= 0.3 is 12.1 Å². The van der Waals surface area contributed by atoms with E-state index in [0.717, 1.165) is 18.3 Å². The zero-order chi connectivity index (χ0) is 13.5. The first-order valence-corrected chi connectivity index (χ1v) is 5.36. The number of nitrogens with zero attached hydrogens (tertiary/aromatic N) is 2. The van der Waals surface area contributed by atoms with Crippen LogP contribution in [0.4, 0.5) is 13.2 Å². The van der Waals surface area contributed by atoms with Crippen molar-refractivity contribution in [1.29, 1.82) is 0 Å². The number of rotatable bonds is 1. The number of halogens is 4. The summed E-state index contributed by atoms with van der Waals surface area (Å²) in [6.45, 7) is 0. The third-order valence-corrected chi connectivity index (χ3v) is 2.76. The maximum atomic E-state index is 12.5. The van der Waals surface area contributed by atoms with E-state index in [0.29, 0.717) is 0 Å². The van der Waals surface area contributed by atoms with Crippen molar-refractivity contribution in [3.05, 3.63) is 34.2 Å².